The summed E-state index contributed by atoms with van der Waals surface area (Å²) in [5.41, 5.74) is -1.24. The molecule has 0 saturated carbocycles. The number of aromatic nitrogens is 2. The van der Waals surface area contributed by atoms with E-state index in [1.165, 1.54) is 12.1 Å². The first-order chi connectivity index (χ1) is 11.4. The lowest BCUT2D eigenvalue weighted by Crippen LogP contribution is -2.12. The number of H-pyrrole nitrogens is 1. The van der Waals surface area contributed by atoms with Crippen LogP contribution in [0.15, 0.2) is 53.3 Å². The van der Waals surface area contributed by atoms with Crippen molar-refractivity contribution in [2.75, 3.05) is 0 Å². The Morgan fingerprint density at radius 2 is 1.75 bits per heavy atom. The molecule has 3 aromatic rings. The summed E-state index contributed by atoms with van der Waals surface area (Å²) >= 11 is 0. The van der Waals surface area contributed by atoms with Crippen LogP contribution >= 0.6 is 0 Å². The van der Waals surface area contributed by atoms with Crippen molar-refractivity contribution >= 4 is 22.9 Å². The Morgan fingerprint density at radius 3 is 2.50 bits per heavy atom. The highest BCUT2D eigenvalue weighted by atomic mass is 19.4. The number of fused-ring (bicyclic) bond motifs is 1. The average molecular weight is 332 g/mol. The second-order valence-electron chi connectivity index (χ2n) is 5.04. The van der Waals surface area contributed by atoms with E-state index in [4.69, 9.17) is 0 Å². The van der Waals surface area contributed by atoms with Crippen LogP contribution in [0.3, 0.4) is 0 Å². The maximum atomic E-state index is 13.0. The molecule has 122 valence electrons. The van der Waals surface area contributed by atoms with Gasteiger partial charge in [-0.3, -0.25) is 4.79 Å². The molecule has 3 rings (SSSR count). The van der Waals surface area contributed by atoms with Gasteiger partial charge in [0, 0.05) is 11.6 Å². The average Bonchev–Trinajstić information content (AvgIpc) is 2.54. The van der Waals surface area contributed by atoms with Gasteiger partial charge in [0.05, 0.1) is 16.6 Å². The zero-order valence-electron chi connectivity index (χ0n) is 12.1. The maximum Gasteiger partial charge on any atom is 0.417 e. The van der Waals surface area contributed by atoms with Crippen molar-refractivity contribution < 1.29 is 18.3 Å². The van der Waals surface area contributed by atoms with Gasteiger partial charge in [-0.1, -0.05) is 30.3 Å². The minimum atomic E-state index is -4.62. The monoisotopic (exact) mass is 332 g/mol. The fourth-order valence-corrected chi connectivity index (χ4v) is 2.30. The summed E-state index contributed by atoms with van der Waals surface area (Å²) in [4.78, 5) is 18.6. The van der Waals surface area contributed by atoms with Crippen LogP contribution in [0.25, 0.3) is 22.9 Å². The summed E-state index contributed by atoms with van der Waals surface area (Å²) in [5, 5.41) is 10.1. The van der Waals surface area contributed by atoms with Crippen LogP contribution in [-0.2, 0) is 6.18 Å². The van der Waals surface area contributed by atoms with Gasteiger partial charge in [-0.15, -0.1) is 0 Å². The maximum absolute atomic E-state index is 13.0. The van der Waals surface area contributed by atoms with E-state index >= 15 is 0 Å². The number of aliphatic hydroxyl groups is 1. The summed E-state index contributed by atoms with van der Waals surface area (Å²) in [5.74, 6) is -0.684. The molecule has 0 amide bonds. The van der Waals surface area contributed by atoms with Crippen LogP contribution in [0.1, 0.15) is 16.8 Å². The fourth-order valence-electron chi connectivity index (χ4n) is 2.30. The van der Waals surface area contributed by atoms with Crippen molar-refractivity contribution in [1.82, 2.24) is 9.97 Å². The van der Waals surface area contributed by atoms with E-state index in [9.17, 15) is 23.1 Å². The number of alkyl halides is 3. The molecule has 0 saturated heterocycles. The van der Waals surface area contributed by atoms with Gasteiger partial charge < -0.3 is 10.1 Å². The van der Waals surface area contributed by atoms with E-state index in [-0.39, 0.29) is 5.69 Å². The van der Waals surface area contributed by atoms with E-state index in [1.54, 1.807) is 24.3 Å². The number of hydrogen-bond acceptors (Lipinski definition) is 3. The molecule has 7 heteroatoms. The molecule has 0 aliphatic heterocycles. The second-order valence-corrected chi connectivity index (χ2v) is 5.04. The van der Waals surface area contributed by atoms with Crippen molar-refractivity contribution in [3.63, 3.8) is 0 Å². The van der Waals surface area contributed by atoms with Crippen LogP contribution in [0.4, 0.5) is 13.2 Å². The number of para-hydroxylation sites is 2. The van der Waals surface area contributed by atoms with Gasteiger partial charge >= 0.3 is 6.18 Å². The molecule has 0 atom stereocenters. The summed E-state index contributed by atoms with van der Waals surface area (Å²) < 4.78 is 39.0. The minimum Gasteiger partial charge on any atom is -0.507 e. The van der Waals surface area contributed by atoms with E-state index < -0.39 is 28.6 Å². The first-order valence-corrected chi connectivity index (χ1v) is 6.92. The van der Waals surface area contributed by atoms with E-state index in [0.29, 0.717) is 11.0 Å². The quantitative estimate of drug-likeness (QED) is 0.697. The lowest BCUT2D eigenvalue weighted by molar-refractivity contribution is -0.137. The Hall–Kier alpha value is -3.09. The minimum absolute atomic E-state index is 0.178. The molecular weight excluding hydrogens is 321 g/mol. The molecule has 0 bridgehead atoms. The number of benzene rings is 2. The topological polar surface area (TPSA) is 66.0 Å². The first-order valence-electron chi connectivity index (χ1n) is 6.92. The van der Waals surface area contributed by atoms with Gasteiger partial charge in [-0.2, -0.15) is 13.2 Å². The van der Waals surface area contributed by atoms with Gasteiger partial charge in [0.15, 0.2) is 0 Å². The molecule has 24 heavy (non-hydrogen) atoms. The SMILES string of the molecule is O=c1[nH]c2ccccc2nc1C=C(O)c1ccccc1C(F)(F)F. The second kappa shape index (κ2) is 5.84. The number of nitrogens with one attached hydrogen (secondary N) is 1. The van der Waals surface area contributed by atoms with Gasteiger partial charge in [-0.05, 0) is 18.2 Å². The summed E-state index contributed by atoms with van der Waals surface area (Å²) in [6, 6.07) is 11.3. The largest absolute Gasteiger partial charge is 0.507 e. The summed E-state index contributed by atoms with van der Waals surface area (Å²) in [7, 11) is 0. The summed E-state index contributed by atoms with van der Waals surface area (Å²) in [6.07, 6.45) is -3.70. The third kappa shape index (κ3) is 3.01. The highest BCUT2D eigenvalue weighted by Gasteiger charge is 2.33. The predicted molar refractivity (Wildman–Crippen MR) is 84.3 cm³/mol. The van der Waals surface area contributed by atoms with Crippen molar-refractivity contribution in [2.24, 2.45) is 0 Å². The number of hydrogen-bond donors (Lipinski definition) is 2. The molecule has 0 aliphatic carbocycles. The van der Waals surface area contributed by atoms with Crippen LogP contribution in [0.5, 0.6) is 0 Å². The number of halogens is 3. The molecule has 2 N–H and O–H groups in total. The van der Waals surface area contributed by atoms with Crippen LogP contribution in [-0.4, -0.2) is 15.1 Å². The van der Waals surface area contributed by atoms with Crippen molar-refractivity contribution in [2.45, 2.75) is 6.18 Å². The molecule has 1 aromatic heterocycles. The Labute approximate surface area is 133 Å². The van der Waals surface area contributed by atoms with E-state index in [1.807, 2.05) is 0 Å². The molecular formula is C17H11F3N2O2. The van der Waals surface area contributed by atoms with E-state index in [0.717, 1.165) is 18.2 Å². The van der Waals surface area contributed by atoms with Gasteiger partial charge in [0.2, 0.25) is 0 Å². The Kier molecular flexibility index (Phi) is 3.84. The van der Waals surface area contributed by atoms with Crippen LogP contribution < -0.4 is 5.56 Å². The molecule has 0 aliphatic rings. The van der Waals surface area contributed by atoms with Gasteiger partial charge in [0.25, 0.3) is 5.56 Å². The lowest BCUT2D eigenvalue weighted by atomic mass is 10.0. The molecule has 0 unspecified atom stereocenters. The highest BCUT2D eigenvalue weighted by Crippen LogP contribution is 2.34. The lowest BCUT2D eigenvalue weighted by Gasteiger charge is -2.11. The van der Waals surface area contributed by atoms with Crippen molar-refractivity contribution in [3.05, 3.63) is 75.7 Å². The standard InChI is InChI=1S/C17H11F3N2O2/c18-17(19,20)11-6-2-1-5-10(11)15(23)9-14-16(24)22-13-8-4-3-7-12(13)21-14/h1-9,23H,(H,22,24). The molecule has 1 heterocycles. The molecule has 0 spiro atoms. The molecule has 0 fully saturated rings. The Bertz CT molecular complexity index is 991. The number of nitrogens with zero attached hydrogens (tertiary/aromatic N) is 1. The Balaban J connectivity index is 2.13. The molecule has 2 aromatic carbocycles. The highest BCUT2D eigenvalue weighted by molar-refractivity contribution is 5.80. The van der Waals surface area contributed by atoms with E-state index in [2.05, 4.69) is 9.97 Å². The zero-order valence-corrected chi connectivity index (χ0v) is 12.1. The van der Waals surface area contributed by atoms with Crippen LogP contribution in [0, 0.1) is 0 Å². The molecule has 4 nitrogen and oxygen atoms in total. The number of aliphatic hydroxyl groups excluding tert-OH is 1. The summed E-state index contributed by atoms with van der Waals surface area (Å²) in [6.45, 7) is 0. The number of rotatable bonds is 2. The predicted octanol–water partition coefficient (Wildman–Crippen LogP) is 4.00. The van der Waals surface area contributed by atoms with Crippen LogP contribution in [0.2, 0.25) is 0 Å². The smallest absolute Gasteiger partial charge is 0.417 e. The third-order valence-electron chi connectivity index (χ3n) is 3.41. The van der Waals surface area contributed by atoms with Crippen molar-refractivity contribution in [3.8, 4) is 0 Å². The first kappa shape index (κ1) is 15.8. The zero-order chi connectivity index (χ0) is 17.3. The van der Waals surface area contributed by atoms with Crippen molar-refractivity contribution in [1.29, 1.82) is 0 Å². The molecule has 0 radical (unpaired) electrons. The Morgan fingerprint density at radius 1 is 1.08 bits per heavy atom. The number of aromatic amines is 1. The fraction of sp³-hybridized carbons (Fsp3) is 0.0588. The normalized spacial score (nSPS) is 12.5. The third-order valence-corrected chi connectivity index (χ3v) is 3.41. The van der Waals surface area contributed by atoms with Gasteiger partial charge in [-0.25, -0.2) is 4.98 Å². The van der Waals surface area contributed by atoms with Gasteiger partial charge in [0.1, 0.15) is 11.5 Å².